The van der Waals surface area contributed by atoms with Gasteiger partial charge in [0.2, 0.25) is 0 Å². The Hall–Kier alpha value is -3.01. The molecule has 4 rings (SSSR count). The lowest BCUT2D eigenvalue weighted by Gasteiger charge is -2.12. The molecule has 0 saturated carbocycles. The highest BCUT2D eigenvalue weighted by molar-refractivity contribution is 6.15. The highest BCUT2D eigenvalue weighted by Gasteiger charge is 2.11. The Kier molecular flexibility index (Phi) is 3.38. The number of hydrogen-bond donors (Lipinski definition) is 0. The van der Waals surface area contributed by atoms with Crippen molar-refractivity contribution >= 4 is 32.4 Å². The van der Waals surface area contributed by atoms with E-state index in [0.29, 0.717) is 11.5 Å². The first-order valence-electron chi connectivity index (χ1n) is 7.66. The largest absolute Gasteiger partial charge is 0.497 e. The molecule has 0 amide bonds. The van der Waals surface area contributed by atoms with Gasteiger partial charge in [-0.1, -0.05) is 12.1 Å². The lowest BCUT2D eigenvalue weighted by atomic mass is 10.0. The third kappa shape index (κ3) is 2.11. The van der Waals surface area contributed by atoms with Crippen LogP contribution in [0.1, 0.15) is 0 Å². The zero-order valence-corrected chi connectivity index (χ0v) is 13.8. The highest BCUT2D eigenvalue weighted by Crippen LogP contribution is 2.37. The van der Waals surface area contributed by atoms with E-state index < -0.39 is 0 Å². The second-order valence-corrected chi connectivity index (χ2v) is 5.60. The van der Waals surface area contributed by atoms with E-state index in [-0.39, 0.29) is 0 Å². The first-order valence-corrected chi connectivity index (χ1v) is 7.66. The summed E-state index contributed by atoms with van der Waals surface area (Å²) in [6, 6.07) is 14.2. The molecule has 1 aromatic heterocycles. The molecular formula is C20H17NO3. The molecule has 0 saturated heterocycles. The quantitative estimate of drug-likeness (QED) is 0.519. The molecule has 0 aliphatic rings. The van der Waals surface area contributed by atoms with Gasteiger partial charge in [-0.05, 0) is 41.1 Å². The van der Waals surface area contributed by atoms with Crippen LogP contribution in [0.15, 0.2) is 48.7 Å². The van der Waals surface area contributed by atoms with Crippen LogP contribution in [0, 0.1) is 0 Å². The van der Waals surface area contributed by atoms with Crippen molar-refractivity contribution in [1.29, 1.82) is 0 Å². The van der Waals surface area contributed by atoms with E-state index in [1.165, 1.54) is 0 Å². The van der Waals surface area contributed by atoms with E-state index >= 15 is 0 Å². The first kappa shape index (κ1) is 14.6. The number of rotatable bonds is 3. The van der Waals surface area contributed by atoms with Crippen molar-refractivity contribution in [2.24, 2.45) is 0 Å². The Balaban J connectivity index is 2.12. The van der Waals surface area contributed by atoms with E-state index in [1.54, 1.807) is 21.3 Å². The number of pyridine rings is 1. The van der Waals surface area contributed by atoms with Gasteiger partial charge in [-0.15, -0.1) is 0 Å². The molecule has 1 heterocycles. The molecule has 0 spiro atoms. The van der Waals surface area contributed by atoms with Crippen LogP contribution in [0.3, 0.4) is 0 Å². The fourth-order valence-corrected chi connectivity index (χ4v) is 3.13. The SMILES string of the molecule is COc1ccc2cnc3c4cc(OC)c(OC)cc4ccc3c2c1. The summed E-state index contributed by atoms with van der Waals surface area (Å²) < 4.78 is 16.2. The predicted molar refractivity (Wildman–Crippen MR) is 96.4 cm³/mol. The van der Waals surface area contributed by atoms with Crippen molar-refractivity contribution in [2.75, 3.05) is 21.3 Å². The minimum atomic E-state index is 0.699. The van der Waals surface area contributed by atoms with Gasteiger partial charge >= 0.3 is 0 Å². The molecule has 0 aliphatic heterocycles. The third-order valence-electron chi connectivity index (χ3n) is 4.38. The van der Waals surface area contributed by atoms with Crippen molar-refractivity contribution in [3.05, 3.63) is 48.7 Å². The maximum absolute atomic E-state index is 5.44. The lowest BCUT2D eigenvalue weighted by molar-refractivity contribution is 0.356. The van der Waals surface area contributed by atoms with Gasteiger partial charge in [0, 0.05) is 22.4 Å². The van der Waals surface area contributed by atoms with E-state index in [0.717, 1.165) is 38.2 Å². The molecule has 0 N–H and O–H groups in total. The summed E-state index contributed by atoms with van der Waals surface area (Å²) in [5, 5.41) is 5.40. The average Bonchev–Trinajstić information content (AvgIpc) is 2.65. The zero-order valence-electron chi connectivity index (χ0n) is 13.8. The molecule has 4 nitrogen and oxygen atoms in total. The molecule has 0 radical (unpaired) electrons. The lowest BCUT2D eigenvalue weighted by Crippen LogP contribution is -1.92. The van der Waals surface area contributed by atoms with Crippen LogP contribution in [0.5, 0.6) is 17.2 Å². The van der Waals surface area contributed by atoms with Crippen LogP contribution in [0.4, 0.5) is 0 Å². The van der Waals surface area contributed by atoms with Gasteiger partial charge in [0.15, 0.2) is 11.5 Å². The summed E-state index contributed by atoms with van der Waals surface area (Å²) in [6.07, 6.45) is 1.90. The molecule has 4 aromatic rings. The molecule has 0 aliphatic carbocycles. The number of aromatic nitrogens is 1. The van der Waals surface area contributed by atoms with E-state index in [9.17, 15) is 0 Å². The average molecular weight is 319 g/mol. The second-order valence-electron chi connectivity index (χ2n) is 5.60. The third-order valence-corrected chi connectivity index (χ3v) is 4.38. The summed E-state index contributed by atoms with van der Waals surface area (Å²) in [4.78, 5) is 4.69. The maximum atomic E-state index is 5.44. The van der Waals surface area contributed by atoms with Crippen LogP contribution in [0.2, 0.25) is 0 Å². The molecule has 120 valence electrons. The number of nitrogens with zero attached hydrogens (tertiary/aromatic N) is 1. The van der Waals surface area contributed by atoms with Crippen LogP contribution >= 0.6 is 0 Å². The van der Waals surface area contributed by atoms with Crippen molar-refractivity contribution in [2.45, 2.75) is 0 Å². The fraction of sp³-hybridized carbons (Fsp3) is 0.150. The van der Waals surface area contributed by atoms with Crippen LogP contribution in [-0.2, 0) is 0 Å². The predicted octanol–water partition coefficient (Wildman–Crippen LogP) is 4.57. The number of hydrogen-bond acceptors (Lipinski definition) is 4. The van der Waals surface area contributed by atoms with E-state index in [4.69, 9.17) is 14.2 Å². The summed E-state index contributed by atoms with van der Waals surface area (Å²) in [5.41, 5.74) is 0.939. The number of benzene rings is 3. The summed E-state index contributed by atoms with van der Waals surface area (Å²) in [5.74, 6) is 2.25. The number of methoxy groups -OCH3 is 3. The second kappa shape index (κ2) is 5.57. The zero-order chi connectivity index (χ0) is 16.7. The van der Waals surface area contributed by atoms with Gasteiger partial charge in [0.05, 0.1) is 26.8 Å². The van der Waals surface area contributed by atoms with Gasteiger partial charge < -0.3 is 14.2 Å². The Bertz CT molecular complexity index is 1070. The first-order chi connectivity index (χ1) is 11.7. The Morgan fingerprint density at radius 3 is 2.17 bits per heavy atom. The van der Waals surface area contributed by atoms with E-state index in [1.807, 2.05) is 36.5 Å². The molecule has 0 bridgehead atoms. The number of fused-ring (bicyclic) bond motifs is 5. The maximum Gasteiger partial charge on any atom is 0.161 e. The van der Waals surface area contributed by atoms with Gasteiger partial charge in [-0.3, -0.25) is 4.98 Å². The van der Waals surface area contributed by atoms with Crippen LogP contribution in [0.25, 0.3) is 32.4 Å². The molecule has 0 fully saturated rings. The summed E-state index contributed by atoms with van der Waals surface area (Å²) in [6.45, 7) is 0. The topological polar surface area (TPSA) is 40.6 Å². The molecule has 0 atom stereocenters. The normalized spacial score (nSPS) is 11.1. The van der Waals surface area contributed by atoms with Crippen molar-refractivity contribution < 1.29 is 14.2 Å². The standard InChI is InChI=1S/C20H17NO3/c1-22-14-6-4-13-11-21-20-15(16(13)9-14)7-5-12-8-18(23-2)19(24-3)10-17(12)20/h4-11H,1-3H3. The number of ether oxygens (including phenoxy) is 3. The Morgan fingerprint density at radius 2 is 1.42 bits per heavy atom. The van der Waals surface area contributed by atoms with Crippen molar-refractivity contribution in [1.82, 2.24) is 4.98 Å². The minimum Gasteiger partial charge on any atom is -0.497 e. The van der Waals surface area contributed by atoms with Gasteiger partial charge in [0.25, 0.3) is 0 Å². The van der Waals surface area contributed by atoms with Crippen LogP contribution in [-0.4, -0.2) is 26.3 Å². The van der Waals surface area contributed by atoms with Gasteiger partial charge in [-0.2, -0.15) is 0 Å². The molecule has 4 heteroatoms. The summed E-state index contributed by atoms with van der Waals surface area (Å²) in [7, 11) is 4.96. The fourth-order valence-electron chi connectivity index (χ4n) is 3.13. The van der Waals surface area contributed by atoms with Gasteiger partial charge in [0.1, 0.15) is 5.75 Å². The highest BCUT2D eigenvalue weighted by atomic mass is 16.5. The minimum absolute atomic E-state index is 0.699. The monoisotopic (exact) mass is 319 g/mol. The van der Waals surface area contributed by atoms with Crippen molar-refractivity contribution in [3.8, 4) is 17.2 Å². The Morgan fingerprint density at radius 1 is 0.667 bits per heavy atom. The van der Waals surface area contributed by atoms with Crippen molar-refractivity contribution in [3.63, 3.8) is 0 Å². The smallest absolute Gasteiger partial charge is 0.161 e. The molecule has 0 unspecified atom stereocenters. The molecule has 24 heavy (non-hydrogen) atoms. The molecule has 3 aromatic carbocycles. The summed E-state index contributed by atoms with van der Waals surface area (Å²) >= 11 is 0. The Labute approximate surface area is 139 Å². The molecular weight excluding hydrogens is 302 g/mol. The van der Waals surface area contributed by atoms with Gasteiger partial charge in [-0.25, -0.2) is 0 Å². The van der Waals surface area contributed by atoms with E-state index in [2.05, 4.69) is 17.1 Å². The van der Waals surface area contributed by atoms with Crippen LogP contribution < -0.4 is 14.2 Å².